The van der Waals surface area contributed by atoms with Gasteiger partial charge in [-0.15, -0.1) is 0 Å². The summed E-state index contributed by atoms with van der Waals surface area (Å²) < 4.78 is 0. The molecule has 0 N–H and O–H groups in total. The molecule has 2 nitrogen and oxygen atoms in total. The highest BCUT2D eigenvalue weighted by Crippen LogP contribution is 2.53. The van der Waals surface area contributed by atoms with Crippen molar-refractivity contribution < 1.29 is 0 Å². The molecule has 0 aliphatic carbocycles. The van der Waals surface area contributed by atoms with Crippen molar-refractivity contribution in [1.82, 2.24) is 0 Å². The Labute approximate surface area is 193 Å². The van der Waals surface area contributed by atoms with Crippen molar-refractivity contribution in [3.63, 3.8) is 0 Å². The van der Waals surface area contributed by atoms with Crippen LogP contribution in [-0.2, 0) is 0 Å². The number of hydrogen-bond acceptors (Lipinski definition) is 2. The number of nitrogens with zero attached hydrogens (tertiary/aromatic N) is 2. The van der Waals surface area contributed by atoms with Crippen LogP contribution >= 0.6 is 7.92 Å². The third-order valence-electron chi connectivity index (χ3n) is 5.78. The second-order valence-electron chi connectivity index (χ2n) is 8.42. The maximum Gasteiger partial charge on any atom is 0.0372 e. The first-order valence-electron chi connectivity index (χ1n) is 11.0. The van der Waals surface area contributed by atoms with Crippen molar-refractivity contribution in [2.24, 2.45) is 0 Å². The SMILES string of the molecule is CN(C)c1ccc(C(c2ccc(N(C)C)cc2)P(c2ccccc2)c2ccccc2)cc1. The van der Waals surface area contributed by atoms with Crippen LogP contribution in [0.15, 0.2) is 109 Å². The third kappa shape index (κ3) is 4.87. The Bertz CT molecular complexity index is 1010. The van der Waals surface area contributed by atoms with E-state index in [1.54, 1.807) is 0 Å². The Balaban J connectivity index is 1.89. The van der Waals surface area contributed by atoms with Gasteiger partial charge in [-0.1, -0.05) is 84.9 Å². The van der Waals surface area contributed by atoms with E-state index in [9.17, 15) is 0 Å². The molecule has 4 rings (SSSR count). The van der Waals surface area contributed by atoms with E-state index in [-0.39, 0.29) is 5.66 Å². The Morgan fingerprint density at radius 1 is 0.469 bits per heavy atom. The highest BCUT2D eigenvalue weighted by atomic mass is 31.1. The van der Waals surface area contributed by atoms with Gasteiger partial charge in [0.1, 0.15) is 0 Å². The molecule has 0 radical (unpaired) electrons. The van der Waals surface area contributed by atoms with E-state index in [1.807, 2.05) is 0 Å². The van der Waals surface area contributed by atoms with Gasteiger partial charge < -0.3 is 9.80 Å². The average molecular weight is 439 g/mol. The molecule has 0 saturated heterocycles. The van der Waals surface area contributed by atoms with Crippen molar-refractivity contribution in [3.05, 3.63) is 120 Å². The summed E-state index contributed by atoms with van der Waals surface area (Å²) in [7, 11) is 7.72. The fourth-order valence-corrected chi connectivity index (χ4v) is 6.85. The summed E-state index contributed by atoms with van der Waals surface area (Å²) in [4.78, 5) is 4.31. The van der Waals surface area contributed by atoms with Crippen LogP contribution in [0, 0.1) is 0 Å². The fourth-order valence-electron chi connectivity index (χ4n) is 4.02. The van der Waals surface area contributed by atoms with Crippen LogP contribution in [0.5, 0.6) is 0 Å². The molecule has 4 aromatic carbocycles. The van der Waals surface area contributed by atoms with Crippen molar-refractivity contribution >= 4 is 29.9 Å². The van der Waals surface area contributed by atoms with Gasteiger partial charge in [-0.25, -0.2) is 0 Å². The Hall–Kier alpha value is -3.09. The minimum atomic E-state index is -0.644. The topological polar surface area (TPSA) is 6.48 Å². The van der Waals surface area contributed by atoms with Crippen LogP contribution in [0.1, 0.15) is 16.8 Å². The standard InChI is InChI=1S/C29H31N2P/c1-30(2)25-19-15-23(16-20-25)29(24-17-21-26(22-18-24)31(3)4)32(27-11-7-5-8-12-27)28-13-9-6-10-14-28/h5-22,29H,1-4H3. The van der Waals surface area contributed by atoms with E-state index >= 15 is 0 Å². The second kappa shape index (κ2) is 10.0. The van der Waals surface area contributed by atoms with E-state index in [2.05, 4.69) is 147 Å². The molecule has 0 spiro atoms. The molecule has 0 aliphatic heterocycles. The molecule has 162 valence electrons. The summed E-state index contributed by atoms with van der Waals surface area (Å²) in [5, 5.41) is 2.79. The number of benzene rings is 4. The monoisotopic (exact) mass is 438 g/mol. The van der Waals surface area contributed by atoms with E-state index < -0.39 is 7.92 Å². The first-order chi connectivity index (χ1) is 15.5. The molecule has 0 amide bonds. The van der Waals surface area contributed by atoms with Gasteiger partial charge in [0, 0.05) is 45.2 Å². The number of anilines is 2. The highest BCUT2D eigenvalue weighted by molar-refractivity contribution is 7.73. The smallest absolute Gasteiger partial charge is 0.0372 e. The molecular weight excluding hydrogens is 407 g/mol. The van der Waals surface area contributed by atoms with E-state index in [1.165, 1.54) is 33.1 Å². The normalized spacial score (nSPS) is 11.1. The Morgan fingerprint density at radius 3 is 1.12 bits per heavy atom. The summed E-state index contributed by atoms with van der Waals surface area (Å²) >= 11 is 0. The zero-order valence-electron chi connectivity index (χ0n) is 19.3. The van der Waals surface area contributed by atoms with Crippen molar-refractivity contribution in [1.29, 1.82) is 0 Å². The van der Waals surface area contributed by atoms with E-state index in [0.717, 1.165) is 0 Å². The highest BCUT2D eigenvalue weighted by Gasteiger charge is 2.28. The lowest BCUT2D eigenvalue weighted by Gasteiger charge is -2.30. The van der Waals surface area contributed by atoms with Gasteiger partial charge in [0.2, 0.25) is 0 Å². The van der Waals surface area contributed by atoms with Crippen LogP contribution in [0.25, 0.3) is 0 Å². The molecule has 0 heterocycles. The Morgan fingerprint density at radius 2 is 0.812 bits per heavy atom. The van der Waals surface area contributed by atoms with Gasteiger partial charge in [0.25, 0.3) is 0 Å². The molecule has 0 aromatic heterocycles. The Kier molecular flexibility index (Phi) is 6.93. The van der Waals surface area contributed by atoms with Crippen LogP contribution in [0.3, 0.4) is 0 Å². The summed E-state index contributed by atoms with van der Waals surface area (Å²) in [5.74, 6) is 0. The largest absolute Gasteiger partial charge is 0.378 e. The van der Waals surface area contributed by atoms with Gasteiger partial charge in [0.15, 0.2) is 0 Å². The molecule has 0 fully saturated rings. The lowest BCUT2D eigenvalue weighted by atomic mass is 10.0. The van der Waals surface area contributed by atoms with E-state index in [4.69, 9.17) is 0 Å². The van der Waals surface area contributed by atoms with Gasteiger partial charge in [-0.3, -0.25) is 0 Å². The zero-order chi connectivity index (χ0) is 22.5. The lowest BCUT2D eigenvalue weighted by molar-refractivity contribution is 1.10. The summed E-state index contributed by atoms with van der Waals surface area (Å²) in [5.41, 5.74) is 5.42. The zero-order valence-corrected chi connectivity index (χ0v) is 20.2. The molecule has 32 heavy (non-hydrogen) atoms. The quantitative estimate of drug-likeness (QED) is 0.325. The predicted molar refractivity (Wildman–Crippen MR) is 142 cm³/mol. The van der Waals surface area contributed by atoms with Crippen molar-refractivity contribution in [2.75, 3.05) is 38.0 Å². The second-order valence-corrected chi connectivity index (χ2v) is 10.7. The predicted octanol–water partition coefficient (Wildman–Crippen LogP) is 6.04. The summed E-state index contributed by atoms with van der Waals surface area (Å²) in [6.45, 7) is 0. The van der Waals surface area contributed by atoms with Gasteiger partial charge in [-0.2, -0.15) is 0 Å². The van der Waals surface area contributed by atoms with Crippen molar-refractivity contribution in [3.8, 4) is 0 Å². The first-order valence-corrected chi connectivity index (χ1v) is 12.4. The molecular formula is C29H31N2P. The van der Waals surface area contributed by atoms with Crippen LogP contribution in [-0.4, -0.2) is 28.2 Å². The minimum Gasteiger partial charge on any atom is -0.378 e. The number of hydrogen-bond donors (Lipinski definition) is 0. The first kappa shape index (κ1) is 22.1. The summed E-state index contributed by atoms with van der Waals surface area (Å²) in [6, 6.07) is 40.2. The van der Waals surface area contributed by atoms with Crippen LogP contribution in [0.2, 0.25) is 0 Å². The molecule has 4 aromatic rings. The molecule has 0 aliphatic rings. The molecule has 3 heteroatoms. The number of rotatable bonds is 7. The molecule has 0 atom stereocenters. The lowest BCUT2D eigenvalue weighted by Crippen LogP contribution is -2.18. The average Bonchev–Trinajstić information content (AvgIpc) is 2.84. The van der Waals surface area contributed by atoms with Gasteiger partial charge in [-0.05, 0) is 53.9 Å². The van der Waals surface area contributed by atoms with Gasteiger partial charge >= 0.3 is 0 Å². The maximum atomic E-state index is 2.31. The minimum absolute atomic E-state index is 0.266. The van der Waals surface area contributed by atoms with E-state index in [0.29, 0.717) is 0 Å². The molecule has 0 unspecified atom stereocenters. The van der Waals surface area contributed by atoms with Crippen LogP contribution in [0.4, 0.5) is 11.4 Å². The van der Waals surface area contributed by atoms with Crippen molar-refractivity contribution in [2.45, 2.75) is 5.66 Å². The molecule has 0 bridgehead atoms. The third-order valence-corrected chi connectivity index (χ3v) is 8.60. The maximum absolute atomic E-state index is 2.31. The fraction of sp³-hybridized carbons (Fsp3) is 0.172. The molecule has 0 saturated carbocycles. The van der Waals surface area contributed by atoms with Gasteiger partial charge in [0.05, 0.1) is 0 Å². The van der Waals surface area contributed by atoms with Crippen LogP contribution < -0.4 is 20.4 Å². The summed E-state index contributed by atoms with van der Waals surface area (Å²) in [6.07, 6.45) is 0.